The summed E-state index contributed by atoms with van der Waals surface area (Å²) in [5.74, 6) is -0.0867. The molecular formula is C23H20N2OS. The van der Waals surface area contributed by atoms with Crippen LogP contribution in [0.4, 0.5) is 5.69 Å². The molecule has 0 saturated carbocycles. The van der Waals surface area contributed by atoms with Crippen molar-refractivity contribution in [2.24, 2.45) is 0 Å². The third kappa shape index (κ3) is 3.44. The van der Waals surface area contributed by atoms with Gasteiger partial charge in [0.2, 0.25) is 0 Å². The Morgan fingerprint density at radius 2 is 1.63 bits per heavy atom. The van der Waals surface area contributed by atoms with E-state index < -0.39 is 0 Å². The topological polar surface area (TPSA) is 34.0 Å². The first kappa shape index (κ1) is 17.3. The number of rotatable bonds is 4. The van der Waals surface area contributed by atoms with E-state index in [-0.39, 0.29) is 5.91 Å². The molecule has 0 aliphatic heterocycles. The van der Waals surface area contributed by atoms with Crippen LogP contribution in [0, 0.1) is 13.8 Å². The van der Waals surface area contributed by atoms with Gasteiger partial charge in [-0.3, -0.25) is 4.79 Å². The second-order valence-electron chi connectivity index (χ2n) is 6.55. The molecular weight excluding hydrogens is 352 g/mol. The normalized spacial score (nSPS) is 10.7. The minimum absolute atomic E-state index is 0.0867. The van der Waals surface area contributed by atoms with Gasteiger partial charge in [0.25, 0.3) is 5.91 Å². The molecule has 134 valence electrons. The number of amides is 1. The molecule has 0 bridgehead atoms. The molecule has 0 radical (unpaired) electrons. The fourth-order valence-corrected chi connectivity index (χ4v) is 4.05. The zero-order valence-electron chi connectivity index (χ0n) is 15.3. The van der Waals surface area contributed by atoms with E-state index in [0.29, 0.717) is 4.88 Å². The Labute approximate surface area is 162 Å². The van der Waals surface area contributed by atoms with E-state index in [0.717, 1.165) is 28.1 Å². The van der Waals surface area contributed by atoms with Crippen molar-refractivity contribution >= 4 is 22.9 Å². The number of hydrogen-bond acceptors (Lipinski definition) is 2. The molecule has 1 amide bonds. The quantitative estimate of drug-likeness (QED) is 0.463. The van der Waals surface area contributed by atoms with Crippen LogP contribution in [0.5, 0.6) is 0 Å². The molecule has 3 nitrogen and oxygen atoms in total. The fraction of sp³-hybridized carbons (Fsp3) is 0.0870. The molecule has 27 heavy (non-hydrogen) atoms. The van der Waals surface area contributed by atoms with Crippen LogP contribution < -0.4 is 5.32 Å². The summed E-state index contributed by atoms with van der Waals surface area (Å²) >= 11 is 1.47. The molecule has 0 unspecified atom stereocenters. The number of thiophene rings is 1. The number of benzene rings is 2. The Balaban J connectivity index is 1.78. The number of hydrogen-bond donors (Lipinski definition) is 1. The molecule has 2 aromatic carbocycles. The van der Waals surface area contributed by atoms with Crippen molar-refractivity contribution in [2.75, 3.05) is 5.32 Å². The summed E-state index contributed by atoms with van der Waals surface area (Å²) in [5.41, 5.74) is 6.19. The van der Waals surface area contributed by atoms with Crippen LogP contribution in [0.3, 0.4) is 0 Å². The number of aromatic nitrogens is 1. The zero-order chi connectivity index (χ0) is 18.8. The maximum atomic E-state index is 13.1. The summed E-state index contributed by atoms with van der Waals surface area (Å²) in [6.45, 7) is 4.07. The van der Waals surface area contributed by atoms with Crippen LogP contribution in [-0.2, 0) is 0 Å². The van der Waals surface area contributed by atoms with Gasteiger partial charge in [-0.05, 0) is 43.2 Å². The fourth-order valence-electron chi connectivity index (χ4n) is 3.08. The lowest BCUT2D eigenvalue weighted by Crippen LogP contribution is -2.13. The Hall–Kier alpha value is -3.11. The highest BCUT2D eigenvalue weighted by molar-refractivity contribution is 7.13. The smallest absolute Gasteiger partial charge is 0.267 e. The molecule has 4 heteroatoms. The van der Waals surface area contributed by atoms with Gasteiger partial charge in [-0.15, -0.1) is 11.3 Å². The Kier molecular flexibility index (Phi) is 4.65. The first-order chi connectivity index (χ1) is 13.1. The molecule has 4 rings (SSSR count). The van der Waals surface area contributed by atoms with Gasteiger partial charge in [-0.25, -0.2) is 0 Å². The minimum Gasteiger partial charge on any atom is -0.322 e. The first-order valence-corrected chi connectivity index (χ1v) is 9.70. The van der Waals surface area contributed by atoms with E-state index in [1.807, 2.05) is 60.3 Å². The summed E-state index contributed by atoms with van der Waals surface area (Å²) in [7, 11) is 0. The van der Waals surface area contributed by atoms with Gasteiger partial charge in [-0.1, -0.05) is 48.0 Å². The van der Waals surface area contributed by atoms with E-state index in [9.17, 15) is 4.79 Å². The summed E-state index contributed by atoms with van der Waals surface area (Å²) in [6.07, 6.45) is 3.95. The summed E-state index contributed by atoms with van der Waals surface area (Å²) in [6, 6.07) is 20.2. The molecule has 0 atom stereocenters. The first-order valence-electron chi connectivity index (χ1n) is 8.82. The predicted octanol–water partition coefficient (Wildman–Crippen LogP) is 6.07. The van der Waals surface area contributed by atoms with Crippen molar-refractivity contribution in [3.63, 3.8) is 0 Å². The predicted molar refractivity (Wildman–Crippen MR) is 113 cm³/mol. The van der Waals surface area contributed by atoms with Crippen LogP contribution in [0.2, 0.25) is 0 Å². The lowest BCUT2D eigenvalue weighted by Gasteiger charge is -2.11. The van der Waals surface area contributed by atoms with Crippen LogP contribution in [0.15, 0.2) is 78.4 Å². The van der Waals surface area contributed by atoms with Gasteiger partial charge >= 0.3 is 0 Å². The Morgan fingerprint density at radius 1 is 0.926 bits per heavy atom. The number of aryl methyl sites for hydroxylation is 2. The van der Waals surface area contributed by atoms with Gasteiger partial charge in [0.15, 0.2) is 0 Å². The Morgan fingerprint density at radius 3 is 2.33 bits per heavy atom. The number of carbonyl (C=O) groups is 1. The third-order valence-corrected chi connectivity index (χ3v) is 5.56. The summed E-state index contributed by atoms with van der Waals surface area (Å²) < 4.78 is 2.01. The van der Waals surface area contributed by atoms with E-state index in [1.54, 1.807) is 0 Å². The SMILES string of the molecule is Cc1ccc(-c2csc(C(=O)Nc3ccccc3C)c2-n2cccc2)cc1. The minimum atomic E-state index is -0.0867. The second kappa shape index (κ2) is 7.25. The van der Waals surface area contributed by atoms with Crippen LogP contribution in [0.25, 0.3) is 16.8 Å². The average molecular weight is 372 g/mol. The molecule has 0 aliphatic rings. The van der Waals surface area contributed by atoms with E-state index in [2.05, 4.69) is 41.9 Å². The molecule has 0 saturated heterocycles. The second-order valence-corrected chi connectivity index (χ2v) is 7.43. The Bertz CT molecular complexity index is 1080. The van der Waals surface area contributed by atoms with Crippen molar-refractivity contribution in [3.05, 3.63) is 94.4 Å². The third-order valence-electron chi connectivity index (χ3n) is 4.59. The van der Waals surface area contributed by atoms with Crippen molar-refractivity contribution < 1.29 is 4.79 Å². The van der Waals surface area contributed by atoms with E-state index in [1.165, 1.54) is 16.9 Å². The summed E-state index contributed by atoms with van der Waals surface area (Å²) in [4.78, 5) is 13.8. The van der Waals surface area contributed by atoms with Gasteiger partial charge < -0.3 is 9.88 Å². The van der Waals surface area contributed by atoms with Gasteiger partial charge in [0, 0.05) is 29.0 Å². The monoisotopic (exact) mass is 372 g/mol. The number of nitrogens with zero attached hydrogens (tertiary/aromatic N) is 1. The van der Waals surface area contributed by atoms with Crippen LogP contribution in [0.1, 0.15) is 20.8 Å². The highest BCUT2D eigenvalue weighted by atomic mass is 32.1. The molecule has 1 N–H and O–H groups in total. The average Bonchev–Trinajstić information content (AvgIpc) is 3.33. The van der Waals surface area contributed by atoms with Crippen molar-refractivity contribution in [1.29, 1.82) is 0 Å². The van der Waals surface area contributed by atoms with Crippen molar-refractivity contribution in [3.8, 4) is 16.8 Å². The largest absolute Gasteiger partial charge is 0.322 e. The number of carbonyl (C=O) groups excluding carboxylic acids is 1. The number of anilines is 1. The zero-order valence-corrected chi connectivity index (χ0v) is 16.1. The standard InChI is InChI=1S/C23H20N2OS/c1-16-9-11-18(12-10-16)19-15-27-22(21(19)25-13-5-6-14-25)23(26)24-20-8-4-3-7-17(20)2/h3-15H,1-2H3,(H,24,26). The lowest BCUT2D eigenvalue weighted by atomic mass is 10.0. The maximum absolute atomic E-state index is 13.1. The summed E-state index contributed by atoms with van der Waals surface area (Å²) in [5, 5.41) is 5.12. The highest BCUT2D eigenvalue weighted by Gasteiger charge is 2.20. The number of para-hydroxylation sites is 1. The van der Waals surface area contributed by atoms with Gasteiger partial charge in [0.1, 0.15) is 4.88 Å². The van der Waals surface area contributed by atoms with E-state index in [4.69, 9.17) is 0 Å². The number of nitrogens with one attached hydrogen (secondary N) is 1. The van der Waals surface area contributed by atoms with Crippen molar-refractivity contribution in [1.82, 2.24) is 4.57 Å². The van der Waals surface area contributed by atoms with Crippen molar-refractivity contribution in [2.45, 2.75) is 13.8 Å². The maximum Gasteiger partial charge on any atom is 0.267 e. The molecule has 0 aliphatic carbocycles. The molecule has 2 aromatic heterocycles. The van der Waals surface area contributed by atoms with E-state index >= 15 is 0 Å². The molecule has 4 aromatic rings. The van der Waals surface area contributed by atoms with Gasteiger partial charge in [0.05, 0.1) is 5.69 Å². The molecule has 0 spiro atoms. The van der Waals surface area contributed by atoms with Gasteiger partial charge in [-0.2, -0.15) is 0 Å². The van der Waals surface area contributed by atoms with Crippen LogP contribution in [-0.4, -0.2) is 10.5 Å². The highest BCUT2D eigenvalue weighted by Crippen LogP contribution is 2.35. The molecule has 2 heterocycles. The molecule has 0 fully saturated rings. The lowest BCUT2D eigenvalue weighted by molar-refractivity contribution is 0.103. The van der Waals surface area contributed by atoms with Crippen LogP contribution >= 0.6 is 11.3 Å².